The van der Waals surface area contributed by atoms with E-state index in [1.807, 2.05) is 26.0 Å². The van der Waals surface area contributed by atoms with Gasteiger partial charge in [-0.05, 0) is 57.4 Å². The van der Waals surface area contributed by atoms with E-state index < -0.39 is 0 Å². The average molecular weight is 411 g/mol. The number of aromatic amines is 1. The number of nitrogens with zero attached hydrogens (tertiary/aromatic N) is 3. The van der Waals surface area contributed by atoms with Crippen LogP contribution in [0.4, 0.5) is 0 Å². The van der Waals surface area contributed by atoms with Crippen LogP contribution in [0.15, 0.2) is 29.1 Å². The van der Waals surface area contributed by atoms with Crippen LogP contribution < -0.4 is 10.3 Å². The van der Waals surface area contributed by atoms with Crippen molar-refractivity contribution in [2.24, 2.45) is 0 Å². The Morgan fingerprint density at radius 1 is 1.27 bits per heavy atom. The van der Waals surface area contributed by atoms with E-state index in [2.05, 4.69) is 22.0 Å². The summed E-state index contributed by atoms with van der Waals surface area (Å²) in [6, 6.07) is 8.30. The highest BCUT2D eigenvalue weighted by Gasteiger charge is 2.30. The first kappa shape index (κ1) is 20.6. The number of hydrogen-bond donors (Lipinski definition) is 1. The number of likely N-dealkylation sites (tertiary alicyclic amines) is 1. The van der Waals surface area contributed by atoms with E-state index in [4.69, 9.17) is 9.72 Å². The number of aromatic nitrogens is 2. The number of fused-ring (bicyclic) bond motifs is 1. The normalized spacial score (nSPS) is 19.2. The Balaban J connectivity index is 1.52. The van der Waals surface area contributed by atoms with E-state index in [1.165, 1.54) is 5.56 Å². The second-order valence-electron chi connectivity index (χ2n) is 8.51. The molecule has 3 heterocycles. The van der Waals surface area contributed by atoms with Crippen molar-refractivity contribution >= 4 is 5.91 Å². The van der Waals surface area contributed by atoms with Gasteiger partial charge in [-0.25, -0.2) is 4.98 Å². The number of benzene rings is 1. The first-order chi connectivity index (χ1) is 14.4. The van der Waals surface area contributed by atoms with Crippen LogP contribution in [0.5, 0.6) is 5.75 Å². The third kappa shape index (κ3) is 4.41. The van der Waals surface area contributed by atoms with Crippen molar-refractivity contribution in [1.82, 2.24) is 19.8 Å². The Bertz CT molecular complexity index is 967. The van der Waals surface area contributed by atoms with Crippen LogP contribution >= 0.6 is 0 Å². The first-order valence-corrected chi connectivity index (χ1v) is 10.8. The third-order valence-corrected chi connectivity index (χ3v) is 5.90. The maximum atomic E-state index is 12.7. The van der Waals surface area contributed by atoms with Crippen LogP contribution in [0.25, 0.3) is 0 Å². The molecule has 1 aromatic heterocycles. The summed E-state index contributed by atoms with van der Waals surface area (Å²) in [6.07, 6.45) is 2.76. The van der Waals surface area contributed by atoms with Crippen molar-refractivity contribution in [3.8, 4) is 5.75 Å². The molecule has 1 amide bonds. The predicted octanol–water partition coefficient (Wildman–Crippen LogP) is 2.80. The highest BCUT2D eigenvalue weighted by Crippen LogP contribution is 2.32. The molecule has 4 rings (SSSR count). The van der Waals surface area contributed by atoms with Crippen LogP contribution in [-0.4, -0.2) is 44.9 Å². The molecule has 2 aromatic rings. The Labute approximate surface area is 177 Å². The highest BCUT2D eigenvalue weighted by atomic mass is 16.5. The monoisotopic (exact) mass is 410 g/mol. The van der Waals surface area contributed by atoms with Gasteiger partial charge in [0.05, 0.1) is 24.4 Å². The number of amides is 1. The lowest BCUT2D eigenvalue weighted by atomic mass is 10.1. The van der Waals surface area contributed by atoms with E-state index in [0.29, 0.717) is 19.5 Å². The zero-order valence-corrected chi connectivity index (χ0v) is 18.0. The molecule has 0 saturated carbocycles. The van der Waals surface area contributed by atoms with Gasteiger partial charge >= 0.3 is 0 Å². The maximum absolute atomic E-state index is 12.7. The molecule has 0 unspecified atom stereocenters. The van der Waals surface area contributed by atoms with Gasteiger partial charge in [0, 0.05) is 25.6 Å². The van der Waals surface area contributed by atoms with Gasteiger partial charge in [-0.2, -0.15) is 0 Å². The fourth-order valence-corrected chi connectivity index (χ4v) is 4.39. The molecule has 7 heteroatoms. The van der Waals surface area contributed by atoms with Crippen molar-refractivity contribution in [3.63, 3.8) is 0 Å². The molecule has 160 valence electrons. The van der Waals surface area contributed by atoms with Gasteiger partial charge in [0.1, 0.15) is 11.6 Å². The molecule has 0 aliphatic carbocycles. The van der Waals surface area contributed by atoms with E-state index in [0.717, 1.165) is 48.8 Å². The van der Waals surface area contributed by atoms with E-state index in [-0.39, 0.29) is 23.6 Å². The predicted molar refractivity (Wildman–Crippen MR) is 114 cm³/mol. The average Bonchev–Trinajstić information content (AvgIpc) is 3.16. The van der Waals surface area contributed by atoms with Crippen molar-refractivity contribution in [3.05, 3.63) is 57.3 Å². The molecule has 0 radical (unpaired) electrons. The molecule has 0 spiro atoms. The van der Waals surface area contributed by atoms with Gasteiger partial charge < -0.3 is 14.6 Å². The molecular formula is C23H30N4O3. The highest BCUT2D eigenvalue weighted by molar-refractivity contribution is 5.73. The zero-order chi connectivity index (χ0) is 21.3. The Morgan fingerprint density at radius 3 is 2.73 bits per heavy atom. The summed E-state index contributed by atoms with van der Waals surface area (Å²) in [4.78, 5) is 36.4. The number of nitrogens with one attached hydrogen (secondary N) is 1. The first-order valence-electron chi connectivity index (χ1n) is 10.8. The molecule has 7 nitrogen and oxygen atoms in total. The smallest absolute Gasteiger partial charge is 0.254 e. The van der Waals surface area contributed by atoms with Crippen molar-refractivity contribution in [2.75, 3.05) is 13.1 Å². The SMILES string of the molecule is CC(=O)N1CCc2c(nc([C@H]3CCCN3Cc3ccc(OC(C)C)cc3)[nH]c2=O)C1. The molecule has 2 aliphatic rings. The van der Waals surface area contributed by atoms with E-state index >= 15 is 0 Å². The number of rotatable bonds is 5. The summed E-state index contributed by atoms with van der Waals surface area (Å²) in [5.74, 6) is 1.63. The van der Waals surface area contributed by atoms with E-state index in [9.17, 15) is 9.59 Å². The van der Waals surface area contributed by atoms with Gasteiger partial charge in [-0.3, -0.25) is 14.5 Å². The molecule has 0 bridgehead atoms. The Kier molecular flexibility index (Phi) is 5.90. The number of H-pyrrole nitrogens is 1. The molecular weight excluding hydrogens is 380 g/mol. The molecule has 1 saturated heterocycles. The fraction of sp³-hybridized carbons (Fsp3) is 0.522. The molecule has 1 aromatic carbocycles. The topological polar surface area (TPSA) is 78.5 Å². The minimum absolute atomic E-state index is 0.0247. The molecule has 1 fully saturated rings. The Hall–Kier alpha value is -2.67. The van der Waals surface area contributed by atoms with Crippen LogP contribution in [0.3, 0.4) is 0 Å². The molecule has 30 heavy (non-hydrogen) atoms. The van der Waals surface area contributed by atoms with Gasteiger partial charge in [-0.15, -0.1) is 0 Å². The number of hydrogen-bond acceptors (Lipinski definition) is 5. The number of ether oxygens (including phenoxy) is 1. The van der Waals surface area contributed by atoms with Crippen LogP contribution in [0.1, 0.15) is 62.3 Å². The lowest BCUT2D eigenvalue weighted by Gasteiger charge is -2.28. The van der Waals surface area contributed by atoms with Crippen molar-refractivity contribution in [2.45, 2.75) is 65.3 Å². The van der Waals surface area contributed by atoms with Gasteiger partial charge in [-0.1, -0.05) is 12.1 Å². The van der Waals surface area contributed by atoms with Crippen LogP contribution in [0.2, 0.25) is 0 Å². The largest absolute Gasteiger partial charge is 0.491 e. The second kappa shape index (κ2) is 8.60. The van der Waals surface area contributed by atoms with Crippen LogP contribution in [0, 0.1) is 0 Å². The van der Waals surface area contributed by atoms with Gasteiger partial charge in [0.2, 0.25) is 5.91 Å². The molecule has 1 N–H and O–H groups in total. The fourth-order valence-electron chi connectivity index (χ4n) is 4.39. The summed E-state index contributed by atoms with van der Waals surface area (Å²) < 4.78 is 5.73. The lowest BCUT2D eigenvalue weighted by Crippen LogP contribution is -2.39. The van der Waals surface area contributed by atoms with Gasteiger partial charge in [0.25, 0.3) is 5.56 Å². The third-order valence-electron chi connectivity index (χ3n) is 5.90. The maximum Gasteiger partial charge on any atom is 0.254 e. The standard InChI is InChI=1S/C23H30N4O3/c1-15(2)30-18-8-6-17(7-9-18)13-27-11-4-5-21(27)22-24-20-14-26(16(3)28)12-10-19(20)23(29)25-22/h6-9,15,21H,4-5,10-14H2,1-3H3,(H,24,25,29)/t21-/m1/s1. The minimum atomic E-state index is -0.0553. The summed E-state index contributed by atoms with van der Waals surface area (Å²) >= 11 is 0. The number of carbonyl (C=O) groups is 1. The minimum Gasteiger partial charge on any atom is -0.491 e. The molecule has 2 aliphatic heterocycles. The number of carbonyl (C=O) groups excluding carboxylic acids is 1. The summed E-state index contributed by atoms with van der Waals surface area (Å²) in [6.45, 7) is 8.37. The lowest BCUT2D eigenvalue weighted by molar-refractivity contribution is -0.129. The van der Waals surface area contributed by atoms with Crippen molar-refractivity contribution < 1.29 is 9.53 Å². The quantitative estimate of drug-likeness (QED) is 0.820. The van der Waals surface area contributed by atoms with Crippen LogP contribution in [-0.2, 0) is 24.3 Å². The summed E-state index contributed by atoms with van der Waals surface area (Å²) in [7, 11) is 0. The van der Waals surface area contributed by atoms with Crippen molar-refractivity contribution in [1.29, 1.82) is 0 Å². The summed E-state index contributed by atoms with van der Waals surface area (Å²) in [5, 5.41) is 0. The van der Waals surface area contributed by atoms with Gasteiger partial charge in [0.15, 0.2) is 0 Å². The Morgan fingerprint density at radius 2 is 2.03 bits per heavy atom. The second-order valence-corrected chi connectivity index (χ2v) is 8.51. The van der Waals surface area contributed by atoms with E-state index in [1.54, 1.807) is 11.8 Å². The summed E-state index contributed by atoms with van der Waals surface area (Å²) in [5.41, 5.74) is 2.63. The molecule has 1 atom stereocenters. The zero-order valence-electron chi connectivity index (χ0n) is 18.0.